The lowest BCUT2D eigenvalue weighted by atomic mass is 9.98. The average molecular weight is 474 g/mol. The number of carbonyl (C=O) groups excluding carboxylic acids is 1. The van der Waals surface area contributed by atoms with E-state index < -0.39 is 10.2 Å². The van der Waals surface area contributed by atoms with Gasteiger partial charge in [-0.05, 0) is 34.7 Å². The van der Waals surface area contributed by atoms with Crippen molar-refractivity contribution in [3.63, 3.8) is 0 Å². The van der Waals surface area contributed by atoms with Gasteiger partial charge in [0, 0.05) is 24.8 Å². The van der Waals surface area contributed by atoms with E-state index in [4.69, 9.17) is 5.14 Å². The number of nitrogens with zero attached hydrogens (tertiary/aromatic N) is 2. The molecule has 1 aliphatic rings. The number of benzene rings is 2. The summed E-state index contributed by atoms with van der Waals surface area (Å²) >= 11 is 0. The number of hydrogen-bond donors (Lipinski definition) is 3. The number of nitrogens with one attached hydrogen (secondary N) is 2. The van der Waals surface area contributed by atoms with Crippen molar-refractivity contribution in [2.45, 2.75) is 19.5 Å². The van der Waals surface area contributed by atoms with Gasteiger partial charge in [0.1, 0.15) is 5.82 Å². The fourth-order valence-electron chi connectivity index (χ4n) is 3.59. The molecule has 0 aliphatic carbocycles. The summed E-state index contributed by atoms with van der Waals surface area (Å²) in [5, 5.41) is 7.85. The van der Waals surface area contributed by atoms with Crippen LogP contribution in [0.15, 0.2) is 66.9 Å². The topological polar surface area (TPSA) is 117 Å². The summed E-state index contributed by atoms with van der Waals surface area (Å²) in [7, 11) is -3.68. The van der Waals surface area contributed by atoms with Crippen molar-refractivity contribution in [2.75, 3.05) is 11.9 Å². The van der Waals surface area contributed by atoms with Crippen LogP contribution in [0, 0.1) is 0 Å². The maximum Gasteiger partial charge on any atom is 0.323 e. The summed E-state index contributed by atoms with van der Waals surface area (Å²) in [6, 6.07) is 19.5. The fourth-order valence-corrected chi connectivity index (χ4v) is 3.98. The molecule has 0 bridgehead atoms. The number of fused-ring (bicyclic) bond motifs is 1. The van der Waals surface area contributed by atoms with E-state index in [-0.39, 0.29) is 25.0 Å². The summed E-state index contributed by atoms with van der Waals surface area (Å²) in [6.07, 6.45) is 2.22. The smallest absolute Gasteiger partial charge is 0.316 e. The maximum atomic E-state index is 12.5. The Kier molecular flexibility index (Phi) is 7.47. The summed E-state index contributed by atoms with van der Waals surface area (Å²) < 4.78 is 24.3. The van der Waals surface area contributed by atoms with Crippen LogP contribution in [0.5, 0.6) is 0 Å². The van der Waals surface area contributed by atoms with Crippen molar-refractivity contribution in [1.29, 1.82) is 0 Å². The normalized spacial score (nSPS) is 13.2. The highest BCUT2D eigenvalue weighted by Crippen LogP contribution is 2.32. The molecule has 0 radical (unpaired) electrons. The third-order valence-corrected chi connectivity index (χ3v) is 5.72. The highest BCUT2D eigenvalue weighted by Gasteiger charge is 2.26. The number of halogens is 1. The van der Waals surface area contributed by atoms with E-state index in [1.165, 1.54) is 0 Å². The van der Waals surface area contributed by atoms with E-state index in [1.807, 2.05) is 60.7 Å². The van der Waals surface area contributed by atoms with Crippen molar-refractivity contribution in [3.8, 4) is 11.1 Å². The summed E-state index contributed by atoms with van der Waals surface area (Å²) in [5.41, 5.74) is 5.00. The highest BCUT2D eigenvalue weighted by atomic mass is 35.5. The number of aromatic nitrogens is 1. The van der Waals surface area contributed by atoms with Gasteiger partial charge in [0.25, 0.3) is 10.2 Å². The Bertz CT molecular complexity index is 1190. The number of hydrogen-bond acceptors (Lipinski definition) is 4. The van der Waals surface area contributed by atoms with E-state index >= 15 is 0 Å². The predicted molar refractivity (Wildman–Crippen MR) is 126 cm³/mol. The minimum Gasteiger partial charge on any atom is -0.316 e. The van der Waals surface area contributed by atoms with Gasteiger partial charge in [-0.2, -0.15) is 8.42 Å². The standard InChI is InChI=1S/C22H23N5O3S.ClH/c23-31(29,30)25-13-10-16-6-8-18(9-7-16)19-11-12-24-21-20(19)15-27(22(28)26-21)14-17-4-2-1-3-5-17;/h1-9,11-12,25H,10,13-15H2,(H2,23,29,30)(H,24,26,28);1H. The molecule has 168 valence electrons. The Morgan fingerprint density at radius 1 is 1.03 bits per heavy atom. The molecule has 8 nitrogen and oxygen atoms in total. The summed E-state index contributed by atoms with van der Waals surface area (Å²) in [5.74, 6) is 0.577. The second-order valence-electron chi connectivity index (χ2n) is 7.34. The van der Waals surface area contributed by atoms with Crippen LogP contribution in [0.3, 0.4) is 0 Å². The van der Waals surface area contributed by atoms with Crippen molar-refractivity contribution >= 4 is 34.5 Å². The lowest BCUT2D eigenvalue weighted by molar-refractivity contribution is 0.203. The number of nitrogens with two attached hydrogens (primary N) is 1. The van der Waals surface area contributed by atoms with Crippen LogP contribution in [0.1, 0.15) is 16.7 Å². The molecule has 1 aliphatic heterocycles. The van der Waals surface area contributed by atoms with Gasteiger partial charge in [0.05, 0.1) is 6.54 Å². The molecule has 0 atom stereocenters. The van der Waals surface area contributed by atoms with Crippen LogP contribution in [0.4, 0.5) is 10.6 Å². The van der Waals surface area contributed by atoms with E-state index in [0.717, 1.165) is 27.8 Å². The zero-order chi connectivity index (χ0) is 21.8. The third-order valence-electron chi connectivity index (χ3n) is 5.12. The van der Waals surface area contributed by atoms with Crippen LogP contribution < -0.4 is 15.2 Å². The molecular weight excluding hydrogens is 450 g/mol. The maximum absolute atomic E-state index is 12.5. The van der Waals surface area contributed by atoms with Gasteiger partial charge in [-0.3, -0.25) is 5.32 Å². The summed E-state index contributed by atoms with van der Waals surface area (Å²) in [6.45, 7) is 1.21. The Morgan fingerprint density at radius 3 is 2.44 bits per heavy atom. The Morgan fingerprint density at radius 2 is 1.75 bits per heavy atom. The quantitative estimate of drug-likeness (QED) is 0.488. The lowest BCUT2D eigenvalue weighted by Gasteiger charge is -2.30. The number of amides is 2. The van der Waals surface area contributed by atoms with Gasteiger partial charge in [-0.15, -0.1) is 12.4 Å². The molecule has 0 spiro atoms. The van der Waals surface area contributed by atoms with E-state index in [1.54, 1.807) is 11.1 Å². The first-order valence-corrected chi connectivity index (χ1v) is 11.4. The molecule has 2 heterocycles. The highest BCUT2D eigenvalue weighted by molar-refractivity contribution is 7.87. The van der Waals surface area contributed by atoms with Crippen LogP contribution in [-0.2, 0) is 29.7 Å². The molecule has 0 saturated heterocycles. The van der Waals surface area contributed by atoms with Crippen molar-refractivity contribution in [2.24, 2.45) is 5.14 Å². The molecule has 1 aromatic heterocycles. The minimum absolute atomic E-state index is 0. The number of pyridine rings is 1. The van der Waals surface area contributed by atoms with Crippen LogP contribution >= 0.6 is 12.4 Å². The molecule has 0 unspecified atom stereocenters. The molecule has 10 heteroatoms. The van der Waals surface area contributed by atoms with Gasteiger partial charge in [-0.1, -0.05) is 54.6 Å². The molecule has 32 heavy (non-hydrogen) atoms. The number of carbonyl (C=O) groups is 1. The molecule has 0 fully saturated rings. The number of anilines is 1. The zero-order valence-electron chi connectivity index (χ0n) is 17.2. The van der Waals surface area contributed by atoms with E-state index in [2.05, 4.69) is 15.0 Å². The van der Waals surface area contributed by atoms with Gasteiger partial charge in [0.15, 0.2) is 0 Å². The number of urea groups is 1. The van der Waals surface area contributed by atoms with Crippen LogP contribution in [-0.4, -0.2) is 30.9 Å². The largest absolute Gasteiger partial charge is 0.323 e. The molecule has 2 aromatic carbocycles. The lowest BCUT2D eigenvalue weighted by Crippen LogP contribution is -2.38. The molecule has 0 saturated carbocycles. The molecule has 2 amide bonds. The van der Waals surface area contributed by atoms with Crippen molar-refractivity contribution < 1.29 is 13.2 Å². The second kappa shape index (κ2) is 10.1. The van der Waals surface area contributed by atoms with Crippen molar-refractivity contribution in [1.82, 2.24) is 14.6 Å². The SMILES string of the molecule is Cl.NS(=O)(=O)NCCc1ccc(-c2ccnc3c2CN(Cc2ccccc2)C(=O)N3)cc1. The first-order chi connectivity index (χ1) is 14.9. The first kappa shape index (κ1) is 23.7. The molecule has 4 rings (SSSR count). The van der Waals surface area contributed by atoms with Gasteiger partial charge < -0.3 is 4.90 Å². The number of rotatable bonds is 7. The monoisotopic (exact) mass is 473 g/mol. The van der Waals surface area contributed by atoms with Gasteiger partial charge in [-0.25, -0.2) is 19.6 Å². The third kappa shape index (κ3) is 5.83. The van der Waals surface area contributed by atoms with Crippen molar-refractivity contribution in [3.05, 3.63) is 83.6 Å². The van der Waals surface area contributed by atoms with Crippen LogP contribution in [0.25, 0.3) is 11.1 Å². The second-order valence-corrected chi connectivity index (χ2v) is 8.72. The van der Waals surface area contributed by atoms with E-state index in [0.29, 0.717) is 25.3 Å². The minimum atomic E-state index is -3.68. The molecule has 4 N–H and O–H groups in total. The molecule has 3 aromatic rings. The average Bonchev–Trinajstić information content (AvgIpc) is 2.74. The predicted octanol–water partition coefficient (Wildman–Crippen LogP) is 3.05. The van der Waals surface area contributed by atoms with Gasteiger partial charge >= 0.3 is 6.03 Å². The van der Waals surface area contributed by atoms with Gasteiger partial charge in [0.2, 0.25) is 0 Å². The molecular formula is C22H24ClN5O3S. The van der Waals surface area contributed by atoms with Crippen LogP contribution in [0.2, 0.25) is 0 Å². The Balaban J connectivity index is 0.00000289. The fraction of sp³-hybridized carbons (Fsp3) is 0.182. The zero-order valence-corrected chi connectivity index (χ0v) is 18.8. The first-order valence-electron chi connectivity index (χ1n) is 9.83. The summed E-state index contributed by atoms with van der Waals surface area (Å²) in [4.78, 5) is 18.6. The Labute approximate surface area is 193 Å². The van der Waals surface area contributed by atoms with E-state index in [9.17, 15) is 13.2 Å². The Hall–Kier alpha value is -2.98.